The van der Waals surface area contributed by atoms with Gasteiger partial charge in [0.05, 0.1) is 12.5 Å². The van der Waals surface area contributed by atoms with Gasteiger partial charge in [0, 0.05) is 18.3 Å². The Labute approximate surface area is 152 Å². The molecule has 0 saturated carbocycles. The molecule has 7 heteroatoms. The van der Waals surface area contributed by atoms with Crippen molar-refractivity contribution in [2.75, 3.05) is 10.6 Å². The molecule has 0 aliphatic carbocycles. The van der Waals surface area contributed by atoms with Crippen LogP contribution in [0.15, 0.2) is 48.5 Å². The molecule has 0 spiro atoms. The zero-order chi connectivity index (χ0) is 19.1. The maximum atomic E-state index is 12.4. The van der Waals surface area contributed by atoms with Crippen molar-refractivity contribution in [2.24, 2.45) is 5.73 Å². The van der Waals surface area contributed by atoms with Crippen molar-refractivity contribution in [2.45, 2.75) is 26.3 Å². The van der Waals surface area contributed by atoms with Gasteiger partial charge in [-0.05, 0) is 30.7 Å². The first kappa shape index (κ1) is 19.0. The first-order chi connectivity index (χ1) is 12.3. The van der Waals surface area contributed by atoms with Crippen LogP contribution in [-0.4, -0.2) is 17.8 Å². The number of primary amides is 1. The monoisotopic (exact) mass is 354 g/mol. The van der Waals surface area contributed by atoms with Crippen molar-refractivity contribution < 1.29 is 14.4 Å². The number of benzene rings is 2. The molecule has 0 aliphatic heterocycles. The SMILES string of the molecule is CC(=O)NC(CC(=O)Nc1cccc(NC(N)=O)c1)c1ccc(C)cc1. The number of anilines is 2. The molecule has 0 bridgehead atoms. The summed E-state index contributed by atoms with van der Waals surface area (Å²) in [5, 5.41) is 8.00. The number of nitrogens with one attached hydrogen (secondary N) is 3. The summed E-state index contributed by atoms with van der Waals surface area (Å²) < 4.78 is 0. The molecule has 2 aromatic carbocycles. The van der Waals surface area contributed by atoms with Crippen LogP contribution in [0, 0.1) is 6.92 Å². The van der Waals surface area contributed by atoms with Gasteiger partial charge in [-0.15, -0.1) is 0 Å². The molecule has 1 unspecified atom stereocenters. The van der Waals surface area contributed by atoms with Gasteiger partial charge in [0.2, 0.25) is 11.8 Å². The van der Waals surface area contributed by atoms with Crippen LogP contribution in [-0.2, 0) is 9.59 Å². The number of nitrogens with two attached hydrogens (primary N) is 1. The third kappa shape index (κ3) is 5.94. The molecule has 136 valence electrons. The Kier molecular flexibility index (Phi) is 6.32. The maximum Gasteiger partial charge on any atom is 0.316 e. The summed E-state index contributed by atoms with van der Waals surface area (Å²) in [6.45, 7) is 3.38. The van der Waals surface area contributed by atoms with E-state index in [9.17, 15) is 14.4 Å². The number of hydrogen-bond donors (Lipinski definition) is 4. The Bertz CT molecular complexity index is 803. The first-order valence-electron chi connectivity index (χ1n) is 8.13. The van der Waals surface area contributed by atoms with Gasteiger partial charge < -0.3 is 21.7 Å². The van der Waals surface area contributed by atoms with Gasteiger partial charge in [0.25, 0.3) is 0 Å². The lowest BCUT2D eigenvalue weighted by molar-refractivity contribution is -0.120. The van der Waals surface area contributed by atoms with Crippen LogP contribution in [0.25, 0.3) is 0 Å². The van der Waals surface area contributed by atoms with Gasteiger partial charge in [0.15, 0.2) is 0 Å². The summed E-state index contributed by atoms with van der Waals surface area (Å²) in [5.41, 5.74) is 8.03. The van der Waals surface area contributed by atoms with Crippen LogP contribution >= 0.6 is 0 Å². The molecule has 26 heavy (non-hydrogen) atoms. The Morgan fingerprint density at radius 3 is 2.19 bits per heavy atom. The smallest absolute Gasteiger partial charge is 0.316 e. The molecule has 1 atom stereocenters. The number of carbonyl (C=O) groups is 3. The molecule has 0 saturated heterocycles. The van der Waals surface area contributed by atoms with Crippen molar-refractivity contribution >= 4 is 29.2 Å². The lowest BCUT2D eigenvalue weighted by atomic mass is 10.0. The van der Waals surface area contributed by atoms with E-state index in [1.54, 1.807) is 24.3 Å². The first-order valence-corrected chi connectivity index (χ1v) is 8.13. The second kappa shape index (κ2) is 8.66. The van der Waals surface area contributed by atoms with E-state index < -0.39 is 12.1 Å². The second-order valence-corrected chi connectivity index (χ2v) is 5.99. The van der Waals surface area contributed by atoms with Crippen molar-refractivity contribution in [3.8, 4) is 0 Å². The van der Waals surface area contributed by atoms with Crippen LogP contribution < -0.4 is 21.7 Å². The minimum absolute atomic E-state index is 0.0795. The third-order valence-electron chi connectivity index (χ3n) is 3.66. The van der Waals surface area contributed by atoms with E-state index in [-0.39, 0.29) is 18.2 Å². The predicted molar refractivity (Wildman–Crippen MR) is 101 cm³/mol. The van der Waals surface area contributed by atoms with E-state index in [1.165, 1.54) is 6.92 Å². The zero-order valence-corrected chi connectivity index (χ0v) is 14.7. The molecule has 0 fully saturated rings. The number of aryl methyl sites for hydroxylation is 1. The molecule has 4 amide bonds. The van der Waals surface area contributed by atoms with Gasteiger partial charge in [-0.1, -0.05) is 35.9 Å². The summed E-state index contributed by atoms with van der Waals surface area (Å²) in [7, 11) is 0. The Balaban J connectivity index is 2.08. The number of amides is 4. The van der Waals surface area contributed by atoms with Gasteiger partial charge in [-0.25, -0.2) is 4.79 Å². The molecular formula is C19H22N4O3. The summed E-state index contributed by atoms with van der Waals surface area (Å²) in [6.07, 6.45) is 0.0795. The Morgan fingerprint density at radius 1 is 1.00 bits per heavy atom. The fourth-order valence-corrected chi connectivity index (χ4v) is 2.51. The van der Waals surface area contributed by atoms with Crippen molar-refractivity contribution in [3.63, 3.8) is 0 Å². The van der Waals surface area contributed by atoms with Gasteiger partial charge in [0.1, 0.15) is 0 Å². The van der Waals surface area contributed by atoms with E-state index in [2.05, 4.69) is 16.0 Å². The number of rotatable bonds is 6. The molecule has 0 aliphatic rings. The lowest BCUT2D eigenvalue weighted by Crippen LogP contribution is -2.29. The van der Waals surface area contributed by atoms with Crippen molar-refractivity contribution in [3.05, 3.63) is 59.7 Å². The number of hydrogen-bond acceptors (Lipinski definition) is 3. The third-order valence-corrected chi connectivity index (χ3v) is 3.66. The van der Waals surface area contributed by atoms with Crippen LogP contribution in [0.1, 0.15) is 30.5 Å². The Hall–Kier alpha value is -3.35. The predicted octanol–water partition coefficient (Wildman–Crippen LogP) is 2.69. The molecule has 0 aromatic heterocycles. The second-order valence-electron chi connectivity index (χ2n) is 5.99. The standard InChI is InChI=1S/C19H22N4O3/c1-12-6-8-14(9-7-12)17(21-13(2)24)11-18(25)22-15-4-3-5-16(10-15)23-19(20)26/h3-10,17H,11H2,1-2H3,(H,21,24)(H,22,25)(H3,20,23,26). The van der Waals surface area contributed by atoms with Crippen molar-refractivity contribution in [1.29, 1.82) is 0 Å². The highest BCUT2D eigenvalue weighted by molar-refractivity contribution is 5.93. The molecule has 2 rings (SSSR count). The van der Waals surface area contributed by atoms with E-state index in [4.69, 9.17) is 5.73 Å². The van der Waals surface area contributed by atoms with Crippen LogP contribution in [0.2, 0.25) is 0 Å². The van der Waals surface area contributed by atoms with E-state index in [0.29, 0.717) is 11.4 Å². The van der Waals surface area contributed by atoms with E-state index >= 15 is 0 Å². The van der Waals surface area contributed by atoms with Gasteiger partial charge >= 0.3 is 6.03 Å². The molecule has 5 N–H and O–H groups in total. The largest absolute Gasteiger partial charge is 0.351 e. The molecule has 7 nitrogen and oxygen atoms in total. The maximum absolute atomic E-state index is 12.4. The average Bonchev–Trinajstić information content (AvgIpc) is 2.54. The molecule has 2 aromatic rings. The summed E-state index contributed by atoms with van der Waals surface area (Å²) >= 11 is 0. The van der Waals surface area contributed by atoms with E-state index in [1.807, 2.05) is 31.2 Å². The average molecular weight is 354 g/mol. The fraction of sp³-hybridized carbons (Fsp3) is 0.211. The van der Waals surface area contributed by atoms with Gasteiger partial charge in [-0.2, -0.15) is 0 Å². The highest BCUT2D eigenvalue weighted by Gasteiger charge is 2.17. The summed E-state index contributed by atoms with van der Waals surface area (Å²) in [5.74, 6) is -0.475. The summed E-state index contributed by atoms with van der Waals surface area (Å²) in [6, 6.07) is 13.2. The minimum Gasteiger partial charge on any atom is -0.351 e. The molecular weight excluding hydrogens is 332 g/mol. The zero-order valence-electron chi connectivity index (χ0n) is 14.7. The fourth-order valence-electron chi connectivity index (χ4n) is 2.51. The van der Waals surface area contributed by atoms with Crippen LogP contribution in [0.3, 0.4) is 0 Å². The van der Waals surface area contributed by atoms with Crippen LogP contribution in [0.5, 0.6) is 0 Å². The van der Waals surface area contributed by atoms with Crippen LogP contribution in [0.4, 0.5) is 16.2 Å². The van der Waals surface area contributed by atoms with Gasteiger partial charge in [-0.3, -0.25) is 9.59 Å². The summed E-state index contributed by atoms with van der Waals surface area (Å²) in [4.78, 5) is 34.8. The lowest BCUT2D eigenvalue weighted by Gasteiger charge is -2.18. The topological polar surface area (TPSA) is 113 Å². The van der Waals surface area contributed by atoms with Crippen molar-refractivity contribution in [1.82, 2.24) is 5.32 Å². The molecule has 0 heterocycles. The number of carbonyl (C=O) groups excluding carboxylic acids is 3. The Morgan fingerprint density at radius 2 is 1.62 bits per heavy atom. The van der Waals surface area contributed by atoms with E-state index in [0.717, 1.165) is 11.1 Å². The molecule has 0 radical (unpaired) electrons. The quantitative estimate of drug-likeness (QED) is 0.639. The highest BCUT2D eigenvalue weighted by atomic mass is 16.2. The normalized spacial score (nSPS) is 11.3. The number of urea groups is 1. The minimum atomic E-state index is -0.682. The highest BCUT2D eigenvalue weighted by Crippen LogP contribution is 2.20.